The number of ether oxygens (including phenoxy) is 1. The minimum Gasteiger partial charge on any atom is -0.484 e. The van der Waals surface area contributed by atoms with E-state index in [9.17, 15) is 9.59 Å². The smallest absolute Gasteiger partial charge is 0.262 e. The zero-order valence-corrected chi connectivity index (χ0v) is 12.7. The highest BCUT2D eigenvalue weighted by atomic mass is 16.5. The Morgan fingerprint density at radius 3 is 2.26 bits per heavy atom. The molecule has 0 unspecified atom stereocenters. The predicted octanol–water partition coefficient (Wildman–Crippen LogP) is 2.06. The Morgan fingerprint density at radius 1 is 1.00 bits per heavy atom. The largest absolute Gasteiger partial charge is 0.484 e. The van der Waals surface area contributed by atoms with E-state index in [2.05, 4.69) is 5.32 Å². The molecule has 3 N–H and O–H groups in total. The van der Waals surface area contributed by atoms with Gasteiger partial charge in [-0.2, -0.15) is 0 Å². The first kappa shape index (κ1) is 16.5. The Balaban J connectivity index is 1.82. The highest BCUT2D eigenvalue weighted by molar-refractivity contribution is 5.91. The van der Waals surface area contributed by atoms with E-state index in [1.807, 2.05) is 31.2 Å². The van der Waals surface area contributed by atoms with Gasteiger partial charge in [0, 0.05) is 5.69 Å². The van der Waals surface area contributed by atoms with Crippen LogP contribution in [0.2, 0.25) is 0 Å². The molecule has 0 aliphatic carbocycles. The molecule has 6 heteroatoms. The van der Waals surface area contributed by atoms with Gasteiger partial charge in [-0.15, -0.1) is 0 Å². The Labute approximate surface area is 134 Å². The van der Waals surface area contributed by atoms with Gasteiger partial charge in [0.15, 0.2) is 6.61 Å². The lowest BCUT2D eigenvalue weighted by molar-refractivity contribution is -0.128. The number of nitrogens with one attached hydrogen (secondary N) is 2. The minimum atomic E-state index is -0.492. The summed E-state index contributed by atoms with van der Waals surface area (Å²) in [5, 5.41) is 11.2. The van der Waals surface area contributed by atoms with E-state index in [1.54, 1.807) is 29.7 Å². The number of anilines is 1. The summed E-state index contributed by atoms with van der Waals surface area (Å²) < 4.78 is 5.39. The average Bonchev–Trinajstić information content (AvgIpc) is 2.56. The van der Waals surface area contributed by atoms with Crippen LogP contribution in [0.1, 0.15) is 11.1 Å². The number of amides is 2. The van der Waals surface area contributed by atoms with E-state index in [0.717, 1.165) is 11.1 Å². The molecule has 0 aliphatic heterocycles. The molecule has 2 aromatic rings. The molecule has 0 saturated carbocycles. The third-order valence-corrected chi connectivity index (χ3v) is 3.12. The van der Waals surface area contributed by atoms with Gasteiger partial charge in [-0.1, -0.05) is 29.8 Å². The highest BCUT2D eigenvalue weighted by Gasteiger charge is 2.05. The summed E-state index contributed by atoms with van der Waals surface area (Å²) in [7, 11) is 0. The Kier molecular flexibility index (Phi) is 5.71. The second-order valence-electron chi connectivity index (χ2n) is 5.06. The maximum atomic E-state index is 11.8. The Morgan fingerprint density at radius 2 is 1.65 bits per heavy atom. The van der Waals surface area contributed by atoms with Crippen molar-refractivity contribution in [2.45, 2.75) is 13.3 Å². The summed E-state index contributed by atoms with van der Waals surface area (Å²) in [6.07, 6.45) is 0.0707. The Hall–Kier alpha value is -2.86. The number of rotatable bonds is 6. The van der Waals surface area contributed by atoms with Crippen LogP contribution in [0.15, 0.2) is 48.5 Å². The van der Waals surface area contributed by atoms with E-state index < -0.39 is 5.91 Å². The summed E-state index contributed by atoms with van der Waals surface area (Å²) in [4.78, 5) is 22.9. The lowest BCUT2D eigenvalue weighted by Gasteiger charge is -2.08. The van der Waals surface area contributed by atoms with E-state index >= 15 is 0 Å². The lowest BCUT2D eigenvalue weighted by Crippen LogP contribution is -2.21. The fourth-order valence-corrected chi connectivity index (χ4v) is 1.91. The quantitative estimate of drug-likeness (QED) is 0.562. The van der Waals surface area contributed by atoms with Crippen LogP contribution >= 0.6 is 0 Å². The molecule has 0 aromatic heterocycles. The van der Waals surface area contributed by atoms with Crippen molar-refractivity contribution in [2.24, 2.45) is 0 Å². The third-order valence-electron chi connectivity index (χ3n) is 3.12. The van der Waals surface area contributed by atoms with E-state index in [4.69, 9.17) is 9.94 Å². The van der Waals surface area contributed by atoms with Crippen molar-refractivity contribution in [3.05, 3.63) is 59.7 Å². The lowest BCUT2D eigenvalue weighted by atomic mass is 10.1. The monoisotopic (exact) mass is 314 g/mol. The van der Waals surface area contributed by atoms with Crippen LogP contribution in [0.25, 0.3) is 0 Å². The van der Waals surface area contributed by atoms with Crippen LogP contribution in [0, 0.1) is 6.92 Å². The third kappa shape index (κ3) is 5.44. The van der Waals surface area contributed by atoms with Gasteiger partial charge >= 0.3 is 0 Å². The number of aryl methyl sites for hydroxylation is 1. The average molecular weight is 314 g/mol. The van der Waals surface area contributed by atoms with Crippen molar-refractivity contribution >= 4 is 17.5 Å². The molecule has 0 atom stereocenters. The van der Waals surface area contributed by atoms with Gasteiger partial charge in [0.2, 0.25) is 5.91 Å². The number of benzene rings is 2. The molecule has 0 aliphatic rings. The van der Waals surface area contributed by atoms with Crippen LogP contribution in [-0.4, -0.2) is 23.6 Å². The van der Waals surface area contributed by atoms with Crippen LogP contribution < -0.4 is 15.5 Å². The summed E-state index contributed by atoms with van der Waals surface area (Å²) in [6, 6.07) is 14.2. The molecule has 0 bridgehead atoms. The maximum Gasteiger partial charge on any atom is 0.262 e. The number of carbonyl (C=O) groups excluding carboxylic acids is 2. The SMILES string of the molecule is Cc1ccc(OCC(=O)Nc2ccc(CC(=O)NO)cc2)cc1. The number of hydrogen-bond donors (Lipinski definition) is 3. The van der Waals surface area contributed by atoms with Gasteiger partial charge in [-0.3, -0.25) is 14.8 Å². The Bertz CT molecular complexity index is 666. The van der Waals surface area contributed by atoms with Gasteiger partial charge in [-0.05, 0) is 36.8 Å². The fourth-order valence-electron chi connectivity index (χ4n) is 1.91. The molecular formula is C17H18N2O4. The number of hydroxylamine groups is 1. The topological polar surface area (TPSA) is 87.7 Å². The standard InChI is InChI=1S/C17H18N2O4/c1-12-2-8-15(9-3-12)23-11-17(21)18-14-6-4-13(5-7-14)10-16(20)19-22/h2-9,22H,10-11H2,1H3,(H,18,21)(H,19,20). The molecular weight excluding hydrogens is 296 g/mol. The molecule has 2 aromatic carbocycles. The summed E-state index contributed by atoms with van der Waals surface area (Å²) >= 11 is 0. The zero-order chi connectivity index (χ0) is 16.7. The first-order chi connectivity index (χ1) is 11.1. The molecule has 2 amide bonds. The number of hydrogen-bond acceptors (Lipinski definition) is 4. The summed E-state index contributed by atoms with van der Waals surface area (Å²) in [5.74, 6) is -0.129. The molecule has 23 heavy (non-hydrogen) atoms. The fraction of sp³-hybridized carbons (Fsp3) is 0.176. The maximum absolute atomic E-state index is 11.8. The first-order valence-corrected chi connectivity index (χ1v) is 7.08. The van der Waals surface area contributed by atoms with Gasteiger partial charge in [0.05, 0.1) is 6.42 Å². The molecule has 0 fully saturated rings. The molecule has 0 saturated heterocycles. The van der Waals surface area contributed by atoms with Crippen LogP contribution in [0.5, 0.6) is 5.75 Å². The molecule has 120 valence electrons. The van der Waals surface area contributed by atoms with E-state index in [1.165, 1.54) is 0 Å². The van der Waals surface area contributed by atoms with Gasteiger partial charge in [0.25, 0.3) is 5.91 Å². The van der Waals surface area contributed by atoms with Crippen LogP contribution in [0.4, 0.5) is 5.69 Å². The predicted molar refractivity (Wildman–Crippen MR) is 85.4 cm³/mol. The molecule has 0 radical (unpaired) electrons. The second-order valence-corrected chi connectivity index (χ2v) is 5.06. The van der Waals surface area contributed by atoms with Gasteiger partial charge < -0.3 is 10.1 Å². The second kappa shape index (κ2) is 7.95. The molecule has 0 heterocycles. The van der Waals surface area contributed by atoms with Crippen molar-refractivity contribution in [1.29, 1.82) is 0 Å². The normalized spacial score (nSPS) is 10.0. The van der Waals surface area contributed by atoms with Crippen molar-refractivity contribution in [3.63, 3.8) is 0 Å². The van der Waals surface area contributed by atoms with Crippen LogP contribution in [0.3, 0.4) is 0 Å². The molecule has 2 rings (SSSR count). The number of carbonyl (C=O) groups is 2. The van der Waals surface area contributed by atoms with E-state index in [-0.39, 0.29) is 18.9 Å². The van der Waals surface area contributed by atoms with Crippen molar-refractivity contribution in [1.82, 2.24) is 5.48 Å². The summed E-state index contributed by atoms with van der Waals surface area (Å²) in [5.41, 5.74) is 4.03. The molecule has 0 spiro atoms. The minimum absolute atomic E-state index is 0.0707. The van der Waals surface area contributed by atoms with Gasteiger partial charge in [-0.25, -0.2) is 5.48 Å². The van der Waals surface area contributed by atoms with Gasteiger partial charge in [0.1, 0.15) is 5.75 Å². The van der Waals surface area contributed by atoms with Crippen molar-refractivity contribution in [3.8, 4) is 5.75 Å². The van der Waals surface area contributed by atoms with E-state index in [0.29, 0.717) is 11.4 Å². The van der Waals surface area contributed by atoms with Crippen LogP contribution in [-0.2, 0) is 16.0 Å². The van der Waals surface area contributed by atoms with Crippen molar-refractivity contribution in [2.75, 3.05) is 11.9 Å². The first-order valence-electron chi connectivity index (χ1n) is 7.08. The highest BCUT2D eigenvalue weighted by Crippen LogP contribution is 2.12. The molecule has 6 nitrogen and oxygen atoms in total. The van der Waals surface area contributed by atoms with Crippen molar-refractivity contribution < 1.29 is 19.5 Å². The zero-order valence-electron chi connectivity index (χ0n) is 12.7. The summed E-state index contributed by atoms with van der Waals surface area (Å²) in [6.45, 7) is 1.89.